The van der Waals surface area contributed by atoms with Gasteiger partial charge in [0.1, 0.15) is 11.5 Å². The Bertz CT molecular complexity index is 461. The van der Waals surface area contributed by atoms with Gasteiger partial charge in [-0.15, -0.1) is 0 Å². The Kier molecular flexibility index (Phi) is 3.47. The predicted molar refractivity (Wildman–Crippen MR) is 69.6 cm³/mol. The van der Waals surface area contributed by atoms with E-state index in [1.807, 2.05) is 6.92 Å². The van der Waals surface area contributed by atoms with Crippen molar-refractivity contribution in [2.45, 2.75) is 26.3 Å². The standard InChI is InChI=1S/C12H18N4O2/c1-8(13)10-5-6-15(7-10)12-4-3-11(16(17)18)9(2)14-12/h3-4,8,10H,5-7,13H2,1-2H3. The van der Waals surface area contributed by atoms with Crippen LogP contribution in [0, 0.1) is 23.0 Å². The molecular weight excluding hydrogens is 232 g/mol. The minimum atomic E-state index is -0.402. The average Bonchev–Trinajstić information content (AvgIpc) is 2.77. The molecule has 0 amide bonds. The largest absolute Gasteiger partial charge is 0.356 e. The van der Waals surface area contributed by atoms with E-state index in [-0.39, 0.29) is 11.7 Å². The number of nitrogens with zero attached hydrogens (tertiary/aromatic N) is 3. The van der Waals surface area contributed by atoms with Gasteiger partial charge in [-0.2, -0.15) is 0 Å². The molecule has 0 radical (unpaired) electrons. The lowest BCUT2D eigenvalue weighted by molar-refractivity contribution is -0.385. The van der Waals surface area contributed by atoms with Crippen LogP contribution in [0.4, 0.5) is 11.5 Å². The van der Waals surface area contributed by atoms with Crippen LogP contribution in [0.2, 0.25) is 0 Å². The minimum absolute atomic E-state index is 0.0710. The molecule has 0 aromatic carbocycles. The van der Waals surface area contributed by atoms with Crippen molar-refractivity contribution in [2.75, 3.05) is 18.0 Å². The maximum atomic E-state index is 10.7. The molecule has 0 aliphatic carbocycles. The van der Waals surface area contributed by atoms with Crippen LogP contribution in [0.15, 0.2) is 12.1 Å². The molecule has 2 unspecified atom stereocenters. The van der Waals surface area contributed by atoms with Crippen molar-refractivity contribution in [3.8, 4) is 0 Å². The number of aromatic nitrogens is 1. The van der Waals surface area contributed by atoms with Gasteiger partial charge in [0.15, 0.2) is 0 Å². The number of nitrogens with two attached hydrogens (primary N) is 1. The summed E-state index contributed by atoms with van der Waals surface area (Å²) in [6, 6.07) is 3.42. The number of hydrogen-bond donors (Lipinski definition) is 1. The molecule has 2 N–H and O–H groups in total. The van der Waals surface area contributed by atoms with Crippen LogP contribution in [0.25, 0.3) is 0 Å². The monoisotopic (exact) mass is 250 g/mol. The fourth-order valence-electron chi connectivity index (χ4n) is 2.33. The van der Waals surface area contributed by atoms with Gasteiger partial charge in [0, 0.05) is 25.2 Å². The summed E-state index contributed by atoms with van der Waals surface area (Å²) in [5.74, 6) is 1.28. The zero-order valence-electron chi connectivity index (χ0n) is 10.7. The van der Waals surface area contributed by atoms with Gasteiger partial charge >= 0.3 is 0 Å². The number of rotatable bonds is 3. The summed E-state index contributed by atoms with van der Waals surface area (Å²) < 4.78 is 0. The Balaban J connectivity index is 2.16. The first-order chi connectivity index (χ1) is 8.49. The highest BCUT2D eigenvalue weighted by molar-refractivity contribution is 5.47. The smallest absolute Gasteiger partial charge is 0.290 e. The van der Waals surface area contributed by atoms with Crippen molar-refractivity contribution in [3.63, 3.8) is 0 Å². The molecule has 0 bridgehead atoms. The van der Waals surface area contributed by atoms with Crippen LogP contribution in [0.3, 0.4) is 0 Å². The molecule has 1 aliphatic rings. The van der Waals surface area contributed by atoms with E-state index in [4.69, 9.17) is 5.73 Å². The molecule has 18 heavy (non-hydrogen) atoms. The first kappa shape index (κ1) is 12.8. The highest BCUT2D eigenvalue weighted by Crippen LogP contribution is 2.26. The van der Waals surface area contributed by atoms with Crippen LogP contribution in [-0.4, -0.2) is 29.0 Å². The minimum Gasteiger partial charge on any atom is -0.356 e. The first-order valence-electron chi connectivity index (χ1n) is 6.11. The number of aryl methyl sites for hydroxylation is 1. The first-order valence-corrected chi connectivity index (χ1v) is 6.11. The van der Waals surface area contributed by atoms with E-state index in [9.17, 15) is 10.1 Å². The van der Waals surface area contributed by atoms with E-state index in [0.717, 1.165) is 25.3 Å². The molecule has 2 heterocycles. The lowest BCUT2D eigenvalue weighted by Crippen LogP contribution is -2.30. The second-order valence-electron chi connectivity index (χ2n) is 4.88. The summed E-state index contributed by atoms with van der Waals surface area (Å²) in [6.07, 6.45) is 1.05. The third-order valence-corrected chi connectivity index (χ3v) is 3.53. The van der Waals surface area contributed by atoms with Gasteiger partial charge < -0.3 is 10.6 Å². The Morgan fingerprint density at radius 1 is 1.61 bits per heavy atom. The fraction of sp³-hybridized carbons (Fsp3) is 0.583. The van der Waals surface area contributed by atoms with E-state index < -0.39 is 4.92 Å². The van der Waals surface area contributed by atoms with E-state index in [0.29, 0.717) is 11.6 Å². The highest BCUT2D eigenvalue weighted by Gasteiger charge is 2.26. The van der Waals surface area contributed by atoms with Crippen molar-refractivity contribution in [1.82, 2.24) is 4.98 Å². The molecule has 2 atom stereocenters. The van der Waals surface area contributed by atoms with Gasteiger partial charge in [-0.05, 0) is 32.3 Å². The number of anilines is 1. The van der Waals surface area contributed by atoms with Crippen LogP contribution >= 0.6 is 0 Å². The number of hydrogen-bond acceptors (Lipinski definition) is 5. The van der Waals surface area contributed by atoms with Gasteiger partial charge in [-0.1, -0.05) is 0 Å². The summed E-state index contributed by atoms with van der Waals surface area (Å²) in [6.45, 7) is 5.47. The second kappa shape index (κ2) is 4.89. The van der Waals surface area contributed by atoms with E-state index in [1.165, 1.54) is 6.07 Å². The zero-order chi connectivity index (χ0) is 13.3. The van der Waals surface area contributed by atoms with E-state index >= 15 is 0 Å². The lowest BCUT2D eigenvalue weighted by Gasteiger charge is -2.19. The third-order valence-electron chi connectivity index (χ3n) is 3.53. The van der Waals surface area contributed by atoms with Crippen molar-refractivity contribution in [3.05, 3.63) is 27.9 Å². The van der Waals surface area contributed by atoms with Gasteiger partial charge in [0.25, 0.3) is 5.69 Å². The van der Waals surface area contributed by atoms with Crippen molar-refractivity contribution in [1.29, 1.82) is 0 Å². The molecule has 6 nitrogen and oxygen atoms in total. The molecule has 1 fully saturated rings. The van der Waals surface area contributed by atoms with Crippen LogP contribution in [0.5, 0.6) is 0 Å². The highest BCUT2D eigenvalue weighted by atomic mass is 16.6. The quantitative estimate of drug-likeness (QED) is 0.648. The molecule has 1 aliphatic heterocycles. The molecule has 0 spiro atoms. The van der Waals surface area contributed by atoms with Crippen molar-refractivity contribution in [2.24, 2.45) is 11.7 Å². The van der Waals surface area contributed by atoms with E-state index in [2.05, 4.69) is 9.88 Å². The maximum absolute atomic E-state index is 10.7. The van der Waals surface area contributed by atoms with Crippen molar-refractivity contribution < 1.29 is 4.92 Å². The lowest BCUT2D eigenvalue weighted by atomic mass is 10.0. The number of pyridine rings is 1. The summed E-state index contributed by atoms with van der Waals surface area (Å²) in [7, 11) is 0. The maximum Gasteiger partial charge on any atom is 0.290 e. The third kappa shape index (κ3) is 2.43. The van der Waals surface area contributed by atoms with Gasteiger partial charge in [-0.25, -0.2) is 4.98 Å². The van der Waals surface area contributed by atoms with Crippen LogP contribution < -0.4 is 10.6 Å². The van der Waals surface area contributed by atoms with Gasteiger partial charge in [-0.3, -0.25) is 10.1 Å². The average molecular weight is 250 g/mol. The Morgan fingerprint density at radius 3 is 2.83 bits per heavy atom. The Morgan fingerprint density at radius 2 is 2.33 bits per heavy atom. The second-order valence-corrected chi connectivity index (χ2v) is 4.88. The zero-order valence-corrected chi connectivity index (χ0v) is 10.7. The molecule has 1 aromatic heterocycles. The fourth-order valence-corrected chi connectivity index (χ4v) is 2.33. The number of nitro groups is 1. The predicted octanol–water partition coefficient (Wildman–Crippen LogP) is 1.47. The Hall–Kier alpha value is -1.69. The topological polar surface area (TPSA) is 85.3 Å². The van der Waals surface area contributed by atoms with Crippen molar-refractivity contribution >= 4 is 11.5 Å². The summed E-state index contributed by atoms with van der Waals surface area (Å²) >= 11 is 0. The molecule has 6 heteroatoms. The van der Waals surface area contributed by atoms with Crippen LogP contribution in [-0.2, 0) is 0 Å². The molecular formula is C12H18N4O2. The SMILES string of the molecule is Cc1nc(N2CCC(C(C)N)C2)ccc1[N+](=O)[O-]. The van der Waals surface area contributed by atoms with Gasteiger partial charge in [0.05, 0.1) is 4.92 Å². The molecule has 1 saturated heterocycles. The Labute approximate surface area is 106 Å². The summed E-state index contributed by atoms with van der Waals surface area (Å²) in [5, 5.41) is 10.7. The molecule has 98 valence electrons. The van der Waals surface area contributed by atoms with E-state index in [1.54, 1.807) is 13.0 Å². The normalized spacial score (nSPS) is 21.1. The molecule has 2 rings (SSSR count). The summed E-state index contributed by atoms with van der Waals surface area (Å²) in [5.41, 5.74) is 6.43. The van der Waals surface area contributed by atoms with Crippen LogP contribution in [0.1, 0.15) is 19.0 Å². The molecule has 1 aromatic rings. The molecule has 0 saturated carbocycles. The van der Waals surface area contributed by atoms with Gasteiger partial charge in [0.2, 0.25) is 0 Å². The summed E-state index contributed by atoms with van der Waals surface area (Å²) in [4.78, 5) is 16.8.